The summed E-state index contributed by atoms with van der Waals surface area (Å²) < 4.78 is 5.96. The van der Waals surface area contributed by atoms with Gasteiger partial charge in [0.25, 0.3) is 0 Å². The highest BCUT2D eigenvalue weighted by molar-refractivity contribution is 5.91. The zero-order chi connectivity index (χ0) is 18.7. The van der Waals surface area contributed by atoms with E-state index in [0.29, 0.717) is 18.7 Å². The molecule has 0 spiro atoms. The molecule has 3 rings (SSSR count). The van der Waals surface area contributed by atoms with Crippen LogP contribution in [0, 0.1) is 6.92 Å². The van der Waals surface area contributed by atoms with E-state index in [9.17, 15) is 14.7 Å². The second-order valence-corrected chi connectivity index (χ2v) is 6.71. The molecule has 1 aliphatic heterocycles. The molecule has 1 saturated heterocycles. The van der Waals surface area contributed by atoms with Gasteiger partial charge in [-0.05, 0) is 36.6 Å². The first-order valence-electron chi connectivity index (χ1n) is 8.75. The number of carboxylic acids is 1. The van der Waals surface area contributed by atoms with Gasteiger partial charge in [0.15, 0.2) is 0 Å². The highest BCUT2D eigenvalue weighted by Gasteiger charge is 2.31. The summed E-state index contributed by atoms with van der Waals surface area (Å²) in [4.78, 5) is 26.1. The summed E-state index contributed by atoms with van der Waals surface area (Å²) in [5.74, 6) is -1.09. The van der Waals surface area contributed by atoms with E-state index in [-0.39, 0.29) is 30.0 Å². The average Bonchev–Trinajstić information content (AvgIpc) is 2.63. The van der Waals surface area contributed by atoms with Gasteiger partial charge in [0, 0.05) is 0 Å². The van der Waals surface area contributed by atoms with Gasteiger partial charge in [0.05, 0.1) is 31.2 Å². The molecule has 0 saturated carbocycles. The van der Waals surface area contributed by atoms with E-state index in [2.05, 4.69) is 0 Å². The monoisotopic (exact) mass is 353 g/mol. The zero-order valence-electron chi connectivity index (χ0n) is 15.0. The molecule has 0 radical (unpaired) electrons. The number of hydrogen-bond donors (Lipinski definition) is 1. The fourth-order valence-electron chi connectivity index (χ4n) is 3.39. The Bertz CT molecular complexity index is 817. The smallest absolute Gasteiger partial charge is 0.335 e. The average molecular weight is 353 g/mol. The predicted molar refractivity (Wildman–Crippen MR) is 98.2 cm³/mol. The fourth-order valence-corrected chi connectivity index (χ4v) is 3.39. The minimum absolute atomic E-state index is 0.0419. The Kier molecular flexibility index (Phi) is 5.38. The summed E-state index contributed by atoms with van der Waals surface area (Å²) in [7, 11) is 0. The third kappa shape index (κ3) is 3.78. The van der Waals surface area contributed by atoms with Crippen LogP contribution in [-0.4, -0.2) is 41.1 Å². The van der Waals surface area contributed by atoms with Gasteiger partial charge in [0.1, 0.15) is 6.10 Å². The van der Waals surface area contributed by atoms with Gasteiger partial charge in [0.2, 0.25) is 5.91 Å². The molecule has 2 atom stereocenters. The third-order valence-corrected chi connectivity index (χ3v) is 4.88. The highest BCUT2D eigenvalue weighted by Crippen LogP contribution is 2.27. The number of carboxylic acid groups (broad SMARTS) is 1. The van der Waals surface area contributed by atoms with Crippen molar-refractivity contribution in [2.45, 2.75) is 32.4 Å². The minimum atomic E-state index is -1.01. The lowest BCUT2D eigenvalue weighted by Gasteiger charge is -2.38. The third-order valence-electron chi connectivity index (χ3n) is 4.88. The molecule has 5 nitrogen and oxygen atoms in total. The molecular weight excluding hydrogens is 330 g/mol. The van der Waals surface area contributed by atoms with Crippen LogP contribution >= 0.6 is 0 Å². The lowest BCUT2D eigenvalue weighted by atomic mass is 9.99. The maximum atomic E-state index is 12.9. The summed E-state index contributed by atoms with van der Waals surface area (Å²) in [5.41, 5.74) is 2.94. The molecule has 1 N–H and O–H groups in total. The molecule has 0 aromatic heterocycles. The standard InChI is InChI=1S/C21H23NO4/c1-14-7-3-5-9-17(14)19-12-22(15(2)13-26-19)20(23)11-16-8-4-6-10-18(16)21(24)25/h3-10,15,19H,11-13H2,1-2H3,(H,24,25). The number of rotatable bonds is 4. The Morgan fingerprint density at radius 2 is 1.85 bits per heavy atom. The summed E-state index contributed by atoms with van der Waals surface area (Å²) in [6, 6.07) is 14.6. The Morgan fingerprint density at radius 1 is 1.15 bits per heavy atom. The molecule has 0 aliphatic carbocycles. The van der Waals surface area contributed by atoms with Crippen LogP contribution in [-0.2, 0) is 16.0 Å². The van der Waals surface area contributed by atoms with Gasteiger partial charge in [-0.25, -0.2) is 4.79 Å². The number of aryl methyl sites for hydroxylation is 1. The van der Waals surface area contributed by atoms with Gasteiger partial charge in [-0.3, -0.25) is 4.79 Å². The lowest BCUT2D eigenvalue weighted by molar-refractivity contribution is -0.143. The van der Waals surface area contributed by atoms with E-state index in [1.54, 1.807) is 23.1 Å². The van der Waals surface area contributed by atoms with Crippen molar-refractivity contribution in [2.75, 3.05) is 13.2 Å². The van der Waals surface area contributed by atoms with E-state index in [1.807, 2.05) is 38.1 Å². The minimum Gasteiger partial charge on any atom is -0.478 e. The van der Waals surface area contributed by atoms with Crippen molar-refractivity contribution in [1.29, 1.82) is 0 Å². The van der Waals surface area contributed by atoms with Crippen molar-refractivity contribution in [1.82, 2.24) is 4.90 Å². The van der Waals surface area contributed by atoms with Crippen molar-refractivity contribution in [3.63, 3.8) is 0 Å². The first-order valence-corrected chi connectivity index (χ1v) is 8.75. The number of hydrogen-bond acceptors (Lipinski definition) is 3. The number of amides is 1. The molecule has 2 unspecified atom stereocenters. The van der Waals surface area contributed by atoms with Crippen molar-refractivity contribution in [3.05, 3.63) is 70.8 Å². The second-order valence-electron chi connectivity index (χ2n) is 6.71. The van der Waals surface area contributed by atoms with Gasteiger partial charge in [-0.15, -0.1) is 0 Å². The van der Waals surface area contributed by atoms with Crippen LogP contribution in [0.3, 0.4) is 0 Å². The molecular formula is C21H23NO4. The van der Waals surface area contributed by atoms with Crippen molar-refractivity contribution < 1.29 is 19.4 Å². The van der Waals surface area contributed by atoms with Crippen LogP contribution < -0.4 is 0 Å². The van der Waals surface area contributed by atoms with Gasteiger partial charge in [-0.1, -0.05) is 42.5 Å². The van der Waals surface area contributed by atoms with Gasteiger partial charge >= 0.3 is 5.97 Å². The highest BCUT2D eigenvalue weighted by atomic mass is 16.5. The number of carbonyl (C=O) groups is 2. The molecule has 1 fully saturated rings. The van der Waals surface area contributed by atoms with Crippen molar-refractivity contribution in [3.8, 4) is 0 Å². The van der Waals surface area contributed by atoms with Gasteiger partial charge < -0.3 is 14.7 Å². The maximum Gasteiger partial charge on any atom is 0.335 e. The van der Waals surface area contributed by atoms with E-state index in [4.69, 9.17) is 4.74 Å². The molecule has 1 heterocycles. The molecule has 2 aromatic carbocycles. The van der Waals surface area contributed by atoms with Crippen LogP contribution in [0.25, 0.3) is 0 Å². The van der Waals surface area contributed by atoms with Crippen molar-refractivity contribution in [2.24, 2.45) is 0 Å². The van der Waals surface area contributed by atoms with E-state index in [0.717, 1.165) is 11.1 Å². The Morgan fingerprint density at radius 3 is 2.58 bits per heavy atom. The molecule has 5 heteroatoms. The fraction of sp³-hybridized carbons (Fsp3) is 0.333. The molecule has 1 amide bonds. The second kappa shape index (κ2) is 7.70. The largest absolute Gasteiger partial charge is 0.478 e. The summed E-state index contributed by atoms with van der Waals surface area (Å²) >= 11 is 0. The van der Waals surface area contributed by atoms with E-state index < -0.39 is 5.97 Å². The summed E-state index contributed by atoms with van der Waals surface area (Å²) in [6.45, 7) is 4.92. The topological polar surface area (TPSA) is 66.8 Å². The van der Waals surface area contributed by atoms with Crippen LogP contribution in [0.5, 0.6) is 0 Å². The number of morpholine rings is 1. The number of benzene rings is 2. The zero-order valence-corrected chi connectivity index (χ0v) is 15.0. The van der Waals surface area contributed by atoms with Crippen LogP contribution in [0.2, 0.25) is 0 Å². The lowest BCUT2D eigenvalue weighted by Crippen LogP contribution is -2.49. The molecule has 26 heavy (non-hydrogen) atoms. The van der Waals surface area contributed by atoms with Crippen LogP contribution in [0.1, 0.15) is 40.1 Å². The molecule has 136 valence electrons. The maximum absolute atomic E-state index is 12.9. The summed E-state index contributed by atoms with van der Waals surface area (Å²) in [5, 5.41) is 9.32. The Labute approximate surface area is 153 Å². The van der Waals surface area contributed by atoms with Crippen LogP contribution in [0.15, 0.2) is 48.5 Å². The Hall–Kier alpha value is -2.66. The van der Waals surface area contributed by atoms with E-state index in [1.165, 1.54) is 6.07 Å². The molecule has 1 aliphatic rings. The number of carbonyl (C=O) groups excluding carboxylic acids is 1. The van der Waals surface area contributed by atoms with E-state index >= 15 is 0 Å². The first kappa shape index (κ1) is 18.1. The number of ether oxygens (including phenoxy) is 1. The first-order chi connectivity index (χ1) is 12.5. The number of nitrogens with zero attached hydrogens (tertiary/aromatic N) is 1. The normalized spacial score (nSPS) is 20.0. The van der Waals surface area contributed by atoms with Crippen LogP contribution in [0.4, 0.5) is 0 Å². The Balaban J connectivity index is 1.78. The molecule has 0 bridgehead atoms. The SMILES string of the molecule is Cc1ccccc1C1CN(C(=O)Cc2ccccc2C(=O)O)C(C)CO1. The van der Waals surface area contributed by atoms with Crippen molar-refractivity contribution >= 4 is 11.9 Å². The van der Waals surface area contributed by atoms with Gasteiger partial charge in [-0.2, -0.15) is 0 Å². The predicted octanol–water partition coefficient (Wildman–Crippen LogP) is 3.22. The quantitative estimate of drug-likeness (QED) is 0.916. The molecule has 2 aromatic rings. The summed E-state index contributed by atoms with van der Waals surface area (Å²) in [6.07, 6.45) is -0.0844. The number of aromatic carboxylic acids is 1.